The van der Waals surface area contributed by atoms with Crippen LogP contribution in [0.2, 0.25) is 0 Å². The van der Waals surface area contributed by atoms with Gasteiger partial charge in [0, 0.05) is 13.1 Å². The molecular formula is C14H21FN2O. The Labute approximate surface area is 108 Å². The minimum Gasteiger partial charge on any atom is -0.342 e. The molecule has 0 aliphatic carbocycles. The Hall–Kier alpha value is -1.42. The zero-order chi connectivity index (χ0) is 13.4. The van der Waals surface area contributed by atoms with Crippen molar-refractivity contribution in [3.05, 3.63) is 35.6 Å². The first-order chi connectivity index (χ1) is 8.69. The zero-order valence-electron chi connectivity index (χ0n) is 10.9. The lowest BCUT2D eigenvalue weighted by Gasteiger charge is -2.22. The number of benzene rings is 1. The lowest BCUT2D eigenvalue weighted by Crippen LogP contribution is -2.34. The minimum atomic E-state index is -0.318. The van der Waals surface area contributed by atoms with Gasteiger partial charge in [-0.05, 0) is 31.0 Å². The second-order valence-corrected chi connectivity index (χ2v) is 4.29. The number of halogens is 1. The molecule has 18 heavy (non-hydrogen) atoms. The number of hydrogen-bond acceptors (Lipinski definition) is 2. The van der Waals surface area contributed by atoms with Gasteiger partial charge in [-0.3, -0.25) is 4.79 Å². The van der Waals surface area contributed by atoms with Gasteiger partial charge in [-0.2, -0.15) is 0 Å². The summed E-state index contributed by atoms with van der Waals surface area (Å²) in [6.45, 7) is 3.93. The van der Waals surface area contributed by atoms with Crippen LogP contribution in [0.4, 0.5) is 4.39 Å². The number of nitrogens with zero attached hydrogens (tertiary/aromatic N) is 1. The number of rotatable bonds is 7. The first kappa shape index (κ1) is 14.6. The monoisotopic (exact) mass is 252 g/mol. The second kappa shape index (κ2) is 7.82. The molecule has 1 amide bonds. The van der Waals surface area contributed by atoms with E-state index in [4.69, 9.17) is 5.73 Å². The highest BCUT2D eigenvalue weighted by atomic mass is 19.1. The molecule has 3 nitrogen and oxygen atoms in total. The lowest BCUT2D eigenvalue weighted by atomic mass is 10.1. The summed E-state index contributed by atoms with van der Waals surface area (Å²) in [4.78, 5) is 13.8. The molecule has 0 spiro atoms. The van der Waals surface area contributed by atoms with E-state index < -0.39 is 0 Å². The van der Waals surface area contributed by atoms with Gasteiger partial charge in [0.25, 0.3) is 0 Å². The summed E-state index contributed by atoms with van der Waals surface area (Å²) in [5, 5.41) is 0. The first-order valence-corrected chi connectivity index (χ1v) is 6.40. The molecule has 0 bridgehead atoms. The predicted molar refractivity (Wildman–Crippen MR) is 70.6 cm³/mol. The summed E-state index contributed by atoms with van der Waals surface area (Å²) in [6, 6.07) is 6.41. The summed E-state index contributed by atoms with van der Waals surface area (Å²) in [6.07, 6.45) is 1.80. The molecule has 0 saturated carbocycles. The third-order valence-electron chi connectivity index (χ3n) is 2.78. The van der Waals surface area contributed by atoms with Gasteiger partial charge in [0.05, 0.1) is 6.42 Å². The number of nitrogens with two attached hydrogens (primary N) is 1. The second-order valence-electron chi connectivity index (χ2n) is 4.29. The van der Waals surface area contributed by atoms with Crippen LogP contribution in [-0.4, -0.2) is 30.4 Å². The highest BCUT2D eigenvalue weighted by molar-refractivity contribution is 5.78. The summed E-state index contributed by atoms with van der Waals surface area (Å²) < 4.78 is 13.5. The molecule has 0 radical (unpaired) electrons. The molecule has 0 aromatic heterocycles. The Morgan fingerprint density at radius 2 is 2.06 bits per heavy atom. The molecule has 1 aromatic rings. The van der Waals surface area contributed by atoms with Gasteiger partial charge in [0.1, 0.15) is 5.82 Å². The van der Waals surface area contributed by atoms with Crippen LogP contribution in [0.5, 0.6) is 0 Å². The van der Waals surface area contributed by atoms with E-state index in [-0.39, 0.29) is 18.1 Å². The van der Waals surface area contributed by atoms with Gasteiger partial charge < -0.3 is 10.6 Å². The molecule has 1 aromatic carbocycles. The molecule has 2 N–H and O–H groups in total. The molecule has 4 heteroatoms. The van der Waals surface area contributed by atoms with Gasteiger partial charge in [0.2, 0.25) is 5.91 Å². The average molecular weight is 252 g/mol. The molecule has 0 heterocycles. The van der Waals surface area contributed by atoms with Crippen LogP contribution in [0.3, 0.4) is 0 Å². The maximum atomic E-state index is 13.5. The summed E-state index contributed by atoms with van der Waals surface area (Å²) in [7, 11) is 0. The van der Waals surface area contributed by atoms with Crippen LogP contribution in [0.15, 0.2) is 24.3 Å². The van der Waals surface area contributed by atoms with E-state index in [0.717, 1.165) is 12.8 Å². The Morgan fingerprint density at radius 3 is 2.67 bits per heavy atom. The van der Waals surface area contributed by atoms with E-state index in [2.05, 4.69) is 0 Å². The van der Waals surface area contributed by atoms with Crippen molar-refractivity contribution in [3.8, 4) is 0 Å². The number of amides is 1. The van der Waals surface area contributed by atoms with E-state index in [1.165, 1.54) is 6.07 Å². The van der Waals surface area contributed by atoms with Crippen LogP contribution >= 0.6 is 0 Å². The molecule has 0 unspecified atom stereocenters. The normalized spacial score (nSPS) is 10.4. The van der Waals surface area contributed by atoms with Gasteiger partial charge in [-0.1, -0.05) is 25.1 Å². The van der Waals surface area contributed by atoms with Crippen molar-refractivity contribution in [1.29, 1.82) is 0 Å². The third-order valence-corrected chi connectivity index (χ3v) is 2.78. The number of carbonyl (C=O) groups excluding carboxylic acids is 1. The van der Waals surface area contributed by atoms with Crippen molar-refractivity contribution in [2.24, 2.45) is 5.73 Å². The topological polar surface area (TPSA) is 46.3 Å². The van der Waals surface area contributed by atoms with Crippen LogP contribution < -0.4 is 5.73 Å². The average Bonchev–Trinajstić information content (AvgIpc) is 2.37. The standard InChI is InChI=1S/C14H21FN2O/c1-2-9-17(10-5-8-16)14(18)11-12-6-3-4-7-13(12)15/h3-4,6-7H,2,5,8-11,16H2,1H3. The zero-order valence-corrected chi connectivity index (χ0v) is 10.9. The van der Waals surface area contributed by atoms with E-state index in [1.807, 2.05) is 6.92 Å². The molecule has 0 aliphatic rings. The Kier molecular flexibility index (Phi) is 6.36. The molecule has 0 atom stereocenters. The molecular weight excluding hydrogens is 231 g/mol. The molecule has 1 rings (SSSR count). The van der Waals surface area contributed by atoms with Crippen molar-refractivity contribution in [3.63, 3.8) is 0 Å². The molecule has 100 valence electrons. The van der Waals surface area contributed by atoms with Crippen molar-refractivity contribution in [2.75, 3.05) is 19.6 Å². The fourth-order valence-corrected chi connectivity index (χ4v) is 1.83. The molecule has 0 saturated heterocycles. The smallest absolute Gasteiger partial charge is 0.227 e. The Morgan fingerprint density at radius 1 is 1.33 bits per heavy atom. The van der Waals surface area contributed by atoms with E-state index in [0.29, 0.717) is 25.2 Å². The van der Waals surface area contributed by atoms with Crippen LogP contribution in [0.1, 0.15) is 25.3 Å². The van der Waals surface area contributed by atoms with E-state index in [1.54, 1.807) is 23.1 Å². The maximum absolute atomic E-state index is 13.5. The number of hydrogen-bond donors (Lipinski definition) is 1. The largest absolute Gasteiger partial charge is 0.342 e. The van der Waals surface area contributed by atoms with Crippen LogP contribution in [0.25, 0.3) is 0 Å². The van der Waals surface area contributed by atoms with Crippen molar-refractivity contribution >= 4 is 5.91 Å². The first-order valence-electron chi connectivity index (χ1n) is 6.40. The van der Waals surface area contributed by atoms with Gasteiger partial charge in [-0.25, -0.2) is 4.39 Å². The Balaban J connectivity index is 2.63. The number of carbonyl (C=O) groups is 1. The van der Waals surface area contributed by atoms with Gasteiger partial charge in [-0.15, -0.1) is 0 Å². The summed E-state index contributed by atoms with van der Waals surface area (Å²) in [5.74, 6) is -0.350. The van der Waals surface area contributed by atoms with Crippen LogP contribution in [-0.2, 0) is 11.2 Å². The highest BCUT2D eigenvalue weighted by Gasteiger charge is 2.14. The van der Waals surface area contributed by atoms with E-state index >= 15 is 0 Å². The molecule has 0 fully saturated rings. The van der Waals surface area contributed by atoms with Crippen LogP contribution in [0, 0.1) is 5.82 Å². The van der Waals surface area contributed by atoms with Crippen molar-refractivity contribution < 1.29 is 9.18 Å². The van der Waals surface area contributed by atoms with Gasteiger partial charge in [0.15, 0.2) is 0 Å². The quantitative estimate of drug-likeness (QED) is 0.806. The lowest BCUT2D eigenvalue weighted by molar-refractivity contribution is -0.130. The Bertz CT molecular complexity index is 382. The predicted octanol–water partition coefficient (Wildman–Crippen LogP) is 1.96. The minimum absolute atomic E-state index is 0.0320. The fraction of sp³-hybridized carbons (Fsp3) is 0.500. The maximum Gasteiger partial charge on any atom is 0.227 e. The summed E-state index contributed by atoms with van der Waals surface area (Å²) in [5.41, 5.74) is 5.91. The molecule has 0 aliphatic heterocycles. The van der Waals surface area contributed by atoms with Crippen molar-refractivity contribution in [1.82, 2.24) is 4.90 Å². The van der Waals surface area contributed by atoms with Crippen molar-refractivity contribution in [2.45, 2.75) is 26.2 Å². The fourth-order valence-electron chi connectivity index (χ4n) is 1.83. The summed E-state index contributed by atoms with van der Waals surface area (Å²) >= 11 is 0. The SMILES string of the molecule is CCCN(CCCN)C(=O)Cc1ccccc1F. The van der Waals surface area contributed by atoms with Gasteiger partial charge >= 0.3 is 0 Å². The van der Waals surface area contributed by atoms with E-state index in [9.17, 15) is 9.18 Å². The highest BCUT2D eigenvalue weighted by Crippen LogP contribution is 2.09. The third kappa shape index (κ3) is 4.45.